The molecule has 286 valence electrons. The number of hydrogen-bond acceptors (Lipinski definition) is 6. The standard InChI is InChI=1S/C42H83NO5/c1-5-9-12-15-18-23-31-40(32-24-19-16-13-10-6-2)48-42(46)34-26-21-28-36-43(37-38-44)35-27-20-25-33-41(45)47-39(29-8-4)30-22-17-14-11-7-3/h39-40,44H,5-38H2,1-4H3. The maximum Gasteiger partial charge on any atom is 0.306 e. The van der Waals surface area contributed by atoms with E-state index in [2.05, 4.69) is 32.6 Å². The third-order valence-corrected chi connectivity index (χ3v) is 9.72. The van der Waals surface area contributed by atoms with Crippen molar-refractivity contribution < 1.29 is 24.2 Å². The Hall–Kier alpha value is -1.14. The molecule has 0 bridgehead atoms. The van der Waals surface area contributed by atoms with E-state index in [-0.39, 0.29) is 30.8 Å². The van der Waals surface area contributed by atoms with Crippen LogP contribution in [0.15, 0.2) is 0 Å². The molecule has 0 aromatic carbocycles. The van der Waals surface area contributed by atoms with Crippen molar-refractivity contribution in [3.05, 3.63) is 0 Å². The molecule has 0 radical (unpaired) electrons. The summed E-state index contributed by atoms with van der Waals surface area (Å²) in [6.45, 7) is 11.6. The van der Waals surface area contributed by atoms with E-state index >= 15 is 0 Å². The van der Waals surface area contributed by atoms with Crippen molar-refractivity contribution in [2.24, 2.45) is 0 Å². The number of unbranched alkanes of at least 4 members (excludes halogenated alkanes) is 18. The molecule has 0 rings (SSSR count). The van der Waals surface area contributed by atoms with Gasteiger partial charge in [0, 0.05) is 19.4 Å². The first-order chi connectivity index (χ1) is 23.5. The third-order valence-electron chi connectivity index (χ3n) is 9.72. The monoisotopic (exact) mass is 682 g/mol. The molecule has 1 atom stereocenters. The predicted octanol–water partition coefficient (Wildman–Crippen LogP) is 11.9. The maximum atomic E-state index is 12.7. The molecular formula is C42H83NO5. The summed E-state index contributed by atoms with van der Waals surface area (Å²) in [5, 5.41) is 9.57. The van der Waals surface area contributed by atoms with Gasteiger partial charge in [0.05, 0.1) is 6.61 Å². The van der Waals surface area contributed by atoms with Gasteiger partial charge in [0.15, 0.2) is 0 Å². The SMILES string of the molecule is CCCCCCCCC(CCCCCCCC)OC(=O)CCCCCN(CCO)CCCCCC(=O)OC(CCC)CCCCCCC. The van der Waals surface area contributed by atoms with Gasteiger partial charge in [-0.1, -0.05) is 137 Å². The highest BCUT2D eigenvalue weighted by Crippen LogP contribution is 2.19. The molecule has 0 saturated carbocycles. The fraction of sp³-hybridized carbons (Fsp3) is 0.952. The van der Waals surface area contributed by atoms with Crippen LogP contribution >= 0.6 is 0 Å². The van der Waals surface area contributed by atoms with Crippen molar-refractivity contribution in [3.8, 4) is 0 Å². The number of nitrogens with zero attached hydrogens (tertiary/aromatic N) is 1. The number of aliphatic hydroxyl groups is 1. The Labute approximate surface area is 299 Å². The molecule has 0 aromatic heterocycles. The second kappa shape index (κ2) is 37.1. The first-order valence-corrected chi connectivity index (χ1v) is 21.2. The molecule has 6 heteroatoms. The van der Waals surface area contributed by atoms with E-state index in [9.17, 15) is 14.7 Å². The van der Waals surface area contributed by atoms with Crippen molar-refractivity contribution in [1.82, 2.24) is 4.90 Å². The summed E-state index contributed by atoms with van der Waals surface area (Å²) in [4.78, 5) is 27.5. The van der Waals surface area contributed by atoms with Gasteiger partial charge >= 0.3 is 11.9 Å². The maximum absolute atomic E-state index is 12.7. The van der Waals surface area contributed by atoms with Gasteiger partial charge in [0.1, 0.15) is 12.2 Å². The summed E-state index contributed by atoms with van der Waals surface area (Å²) in [6, 6.07) is 0. The van der Waals surface area contributed by atoms with Gasteiger partial charge in [0.2, 0.25) is 0 Å². The molecule has 0 fully saturated rings. The lowest BCUT2D eigenvalue weighted by atomic mass is 10.0. The normalized spacial score (nSPS) is 12.2. The van der Waals surface area contributed by atoms with Gasteiger partial charge < -0.3 is 19.5 Å². The van der Waals surface area contributed by atoms with E-state index in [0.717, 1.165) is 90.1 Å². The second-order valence-corrected chi connectivity index (χ2v) is 14.5. The minimum Gasteiger partial charge on any atom is -0.462 e. The van der Waals surface area contributed by atoms with Crippen molar-refractivity contribution in [2.75, 3.05) is 26.2 Å². The molecule has 0 aromatic rings. The van der Waals surface area contributed by atoms with Crippen LogP contribution in [-0.2, 0) is 19.1 Å². The van der Waals surface area contributed by atoms with Crippen LogP contribution in [-0.4, -0.2) is 60.4 Å². The molecule has 48 heavy (non-hydrogen) atoms. The third kappa shape index (κ3) is 32.1. The van der Waals surface area contributed by atoms with E-state index in [1.165, 1.54) is 103 Å². The average molecular weight is 682 g/mol. The van der Waals surface area contributed by atoms with Crippen LogP contribution in [0.4, 0.5) is 0 Å². The van der Waals surface area contributed by atoms with E-state index in [0.29, 0.717) is 19.4 Å². The molecule has 0 saturated heterocycles. The Morgan fingerprint density at radius 3 is 1.17 bits per heavy atom. The first-order valence-electron chi connectivity index (χ1n) is 21.2. The zero-order valence-corrected chi connectivity index (χ0v) is 32.7. The van der Waals surface area contributed by atoms with Crippen molar-refractivity contribution >= 4 is 11.9 Å². The smallest absolute Gasteiger partial charge is 0.306 e. The minimum absolute atomic E-state index is 0.0179. The van der Waals surface area contributed by atoms with E-state index < -0.39 is 0 Å². The highest BCUT2D eigenvalue weighted by atomic mass is 16.5. The van der Waals surface area contributed by atoms with Crippen molar-refractivity contribution in [3.63, 3.8) is 0 Å². The molecule has 1 unspecified atom stereocenters. The summed E-state index contributed by atoms with van der Waals surface area (Å²) < 4.78 is 11.8. The van der Waals surface area contributed by atoms with Crippen molar-refractivity contribution in [2.45, 2.75) is 233 Å². The highest BCUT2D eigenvalue weighted by molar-refractivity contribution is 5.69. The van der Waals surface area contributed by atoms with Crippen LogP contribution in [0.1, 0.15) is 220 Å². The number of carbonyl (C=O) groups excluding carboxylic acids is 2. The molecule has 6 nitrogen and oxygen atoms in total. The first kappa shape index (κ1) is 46.9. The van der Waals surface area contributed by atoms with Gasteiger partial charge in [-0.3, -0.25) is 9.59 Å². The molecule has 0 aliphatic heterocycles. The van der Waals surface area contributed by atoms with Crippen LogP contribution in [0.5, 0.6) is 0 Å². The number of aliphatic hydroxyl groups excluding tert-OH is 1. The van der Waals surface area contributed by atoms with Gasteiger partial charge in [-0.15, -0.1) is 0 Å². The fourth-order valence-corrected chi connectivity index (χ4v) is 6.66. The summed E-state index contributed by atoms with van der Waals surface area (Å²) in [6.07, 6.45) is 33.5. The lowest BCUT2D eigenvalue weighted by Crippen LogP contribution is -2.29. The minimum atomic E-state index is -0.0381. The van der Waals surface area contributed by atoms with Gasteiger partial charge in [-0.25, -0.2) is 0 Å². The lowest BCUT2D eigenvalue weighted by Gasteiger charge is -2.21. The topological polar surface area (TPSA) is 76.1 Å². The summed E-state index contributed by atoms with van der Waals surface area (Å²) in [5.41, 5.74) is 0. The summed E-state index contributed by atoms with van der Waals surface area (Å²) in [5.74, 6) is -0.0559. The molecule has 0 aliphatic carbocycles. The Morgan fingerprint density at radius 2 is 0.792 bits per heavy atom. The zero-order chi connectivity index (χ0) is 35.3. The fourth-order valence-electron chi connectivity index (χ4n) is 6.66. The number of ether oxygens (including phenoxy) is 2. The number of rotatable bonds is 38. The molecule has 0 heterocycles. The average Bonchev–Trinajstić information content (AvgIpc) is 3.07. The van der Waals surface area contributed by atoms with Gasteiger partial charge in [-0.2, -0.15) is 0 Å². The van der Waals surface area contributed by atoms with Crippen LogP contribution in [0.2, 0.25) is 0 Å². The number of hydrogen-bond donors (Lipinski definition) is 1. The Morgan fingerprint density at radius 1 is 0.438 bits per heavy atom. The Kier molecular flexibility index (Phi) is 36.2. The molecule has 0 amide bonds. The number of carbonyl (C=O) groups is 2. The van der Waals surface area contributed by atoms with E-state index in [1.807, 2.05) is 0 Å². The molecule has 0 spiro atoms. The van der Waals surface area contributed by atoms with E-state index in [1.54, 1.807) is 0 Å². The quantitative estimate of drug-likeness (QED) is 0.0516. The molecule has 1 N–H and O–H groups in total. The number of esters is 2. The van der Waals surface area contributed by atoms with Crippen LogP contribution in [0.25, 0.3) is 0 Å². The van der Waals surface area contributed by atoms with E-state index in [4.69, 9.17) is 9.47 Å². The summed E-state index contributed by atoms with van der Waals surface area (Å²) >= 11 is 0. The predicted molar refractivity (Wildman–Crippen MR) is 204 cm³/mol. The largest absolute Gasteiger partial charge is 0.462 e. The molecule has 0 aliphatic rings. The lowest BCUT2D eigenvalue weighted by molar-refractivity contribution is -0.151. The zero-order valence-electron chi connectivity index (χ0n) is 32.7. The van der Waals surface area contributed by atoms with Gasteiger partial charge in [-0.05, 0) is 83.7 Å². The Bertz CT molecular complexity index is 671. The van der Waals surface area contributed by atoms with Gasteiger partial charge in [0.25, 0.3) is 0 Å². The molecular weight excluding hydrogens is 598 g/mol. The second-order valence-electron chi connectivity index (χ2n) is 14.5. The Balaban J connectivity index is 4.25. The van der Waals surface area contributed by atoms with Crippen LogP contribution in [0, 0.1) is 0 Å². The van der Waals surface area contributed by atoms with Crippen molar-refractivity contribution in [1.29, 1.82) is 0 Å². The highest BCUT2D eigenvalue weighted by Gasteiger charge is 2.15. The van der Waals surface area contributed by atoms with Crippen LogP contribution in [0.3, 0.4) is 0 Å². The summed E-state index contributed by atoms with van der Waals surface area (Å²) in [7, 11) is 0. The van der Waals surface area contributed by atoms with Crippen LogP contribution < -0.4 is 0 Å².